The molecule has 14 heavy (non-hydrogen) atoms. The Bertz CT molecular complexity index is 119. The number of aliphatic hydroxyl groups is 2. The molecule has 0 radical (unpaired) electrons. The molecule has 0 aromatic carbocycles. The smallest absolute Gasteiger partial charge is 0.0894 e. The fourth-order valence-electron chi connectivity index (χ4n) is 1.30. The standard InChI is InChI=1S/C10H24N2O2/c1-3-12(4-2)7-5-6-11-8-10(14)9-13/h10-11,13-14H,3-9H2,1-2H3/t10-/m0/s1. The van der Waals surface area contributed by atoms with Crippen molar-refractivity contribution in [2.24, 2.45) is 0 Å². The molecule has 3 N–H and O–H groups in total. The average Bonchev–Trinajstić information content (AvgIpc) is 2.23. The third-order valence-electron chi connectivity index (χ3n) is 2.31. The van der Waals surface area contributed by atoms with Crippen LogP contribution in [0.5, 0.6) is 0 Å². The summed E-state index contributed by atoms with van der Waals surface area (Å²) in [6.45, 7) is 8.81. The minimum Gasteiger partial charge on any atom is -0.394 e. The molecule has 0 bridgehead atoms. The molecular weight excluding hydrogens is 180 g/mol. The van der Waals surface area contributed by atoms with E-state index < -0.39 is 6.10 Å². The highest BCUT2D eigenvalue weighted by Crippen LogP contribution is 1.89. The lowest BCUT2D eigenvalue weighted by atomic mass is 10.3. The van der Waals surface area contributed by atoms with Gasteiger partial charge in [-0.15, -0.1) is 0 Å². The summed E-state index contributed by atoms with van der Waals surface area (Å²) in [5.41, 5.74) is 0. The van der Waals surface area contributed by atoms with Crippen molar-refractivity contribution in [1.82, 2.24) is 10.2 Å². The van der Waals surface area contributed by atoms with Crippen molar-refractivity contribution in [2.45, 2.75) is 26.4 Å². The molecular formula is C10H24N2O2. The predicted octanol–water partition coefficient (Wildman–Crippen LogP) is -0.339. The predicted molar refractivity (Wildman–Crippen MR) is 58.4 cm³/mol. The van der Waals surface area contributed by atoms with Crippen molar-refractivity contribution in [1.29, 1.82) is 0 Å². The summed E-state index contributed by atoms with van der Waals surface area (Å²) >= 11 is 0. The van der Waals surface area contributed by atoms with Crippen LogP contribution < -0.4 is 5.32 Å². The van der Waals surface area contributed by atoms with Crippen LogP contribution in [0.3, 0.4) is 0 Å². The van der Waals surface area contributed by atoms with Crippen molar-refractivity contribution in [3.63, 3.8) is 0 Å². The molecule has 0 fully saturated rings. The van der Waals surface area contributed by atoms with Crippen LogP contribution in [0.15, 0.2) is 0 Å². The Morgan fingerprint density at radius 3 is 2.43 bits per heavy atom. The summed E-state index contributed by atoms with van der Waals surface area (Å²) in [6.07, 6.45) is 0.461. The van der Waals surface area contributed by atoms with E-state index >= 15 is 0 Å². The van der Waals surface area contributed by atoms with Crippen molar-refractivity contribution >= 4 is 0 Å². The largest absolute Gasteiger partial charge is 0.394 e. The Labute approximate surface area is 86.9 Å². The van der Waals surface area contributed by atoms with Gasteiger partial charge in [0.25, 0.3) is 0 Å². The first-order chi connectivity index (χ1) is 6.74. The lowest BCUT2D eigenvalue weighted by Gasteiger charge is -2.18. The highest BCUT2D eigenvalue weighted by atomic mass is 16.3. The van der Waals surface area contributed by atoms with Crippen LogP contribution in [0.4, 0.5) is 0 Å². The maximum atomic E-state index is 9.04. The summed E-state index contributed by atoms with van der Waals surface area (Å²) in [5, 5.41) is 20.7. The number of nitrogens with one attached hydrogen (secondary N) is 1. The first-order valence-corrected chi connectivity index (χ1v) is 5.46. The van der Waals surface area contributed by atoms with Crippen molar-refractivity contribution in [3.05, 3.63) is 0 Å². The fourth-order valence-corrected chi connectivity index (χ4v) is 1.30. The average molecular weight is 204 g/mol. The summed E-state index contributed by atoms with van der Waals surface area (Å²) in [7, 11) is 0. The summed E-state index contributed by atoms with van der Waals surface area (Å²) in [6, 6.07) is 0. The zero-order chi connectivity index (χ0) is 10.8. The van der Waals surface area contributed by atoms with Crippen LogP contribution >= 0.6 is 0 Å². The van der Waals surface area contributed by atoms with E-state index in [1.807, 2.05) is 0 Å². The van der Waals surface area contributed by atoms with Crippen LogP contribution in [0.25, 0.3) is 0 Å². The number of aliphatic hydroxyl groups excluding tert-OH is 2. The van der Waals surface area contributed by atoms with E-state index in [0.717, 1.165) is 32.6 Å². The Kier molecular flexibility index (Phi) is 9.29. The summed E-state index contributed by atoms with van der Waals surface area (Å²) in [5.74, 6) is 0. The second kappa shape index (κ2) is 9.40. The van der Waals surface area contributed by atoms with E-state index in [1.165, 1.54) is 0 Å². The molecule has 4 nitrogen and oxygen atoms in total. The Hall–Kier alpha value is -0.160. The van der Waals surface area contributed by atoms with Gasteiger partial charge in [0, 0.05) is 6.54 Å². The highest BCUT2D eigenvalue weighted by molar-refractivity contribution is 4.59. The molecule has 0 aliphatic heterocycles. The van der Waals surface area contributed by atoms with E-state index in [0.29, 0.717) is 6.54 Å². The molecule has 0 amide bonds. The SMILES string of the molecule is CCN(CC)CCCNC[C@H](O)CO. The molecule has 86 valence electrons. The zero-order valence-electron chi connectivity index (χ0n) is 9.37. The minimum absolute atomic E-state index is 0.164. The molecule has 0 saturated heterocycles. The van der Waals surface area contributed by atoms with Crippen LogP contribution in [-0.2, 0) is 0 Å². The van der Waals surface area contributed by atoms with E-state index in [9.17, 15) is 0 Å². The lowest BCUT2D eigenvalue weighted by Crippen LogP contribution is -2.32. The summed E-state index contributed by atoms with van der Waals surface area (Å²) in [4.78, 5) is 2.37. The van der Waals surface area contributed by atoms with E-state index in [1.54, 1.807) is 0 Å². The van der Waals surface area contributed by atoms with Gasteiger partial charge in [-0.3, -0.25) is 0 Å². The Balaban J connectivity index is 3.20. The monoisotopic (exact) mass is 204 g/mol. The summed E-state index contributed by atoms with van der Waals surface area (Å²) < 4.78 is 0. The van der Waals surface area contributed by atoms with E-state index in [-0.39, 0.29) is 6.61 Å². The number of nitrogens with zero attached hydrogens (tertiary/aromatic N) is 1. The van der Waals surface area contributed by atoms with E-state index in [2.05, 4.69) is 24.1 Å². The lowest BCUT2D eigenvalue weighted by molar-refractivity contribution is 0.0943. The third-order valence-corrected chi connectivity index (χ3v) is 2.31. The highest BCUT2D eigenvalue weighted by Gasteiger charge is 2.01. The molecule has 0 heterocycles. The topological polar surface area (TPSA) is 55.7 Å². The zero-order valence-corrected chi connectivity index (χ0v) is 9.37. The van der Waals surface area contributed by atoms with Gasteiger partial charge >= 0.3 is 0 Å². The van der Waals surface area contributed by atoms with Crippen LogP contribution in [-0.4, -0.2) is 60.5 Å². The second-order valence-electron chi connectivity index (χ2n) is 3.42. The normalized spacial score (nSPS) is 13.5. The maximum Gasteiger partial charge on any atom is 0.0894 e. The van der Waals surface area contributed by atoms with Gasteiger partial charge in [0.05, 0.1) is 12.7 Å². The quantitative estimate of drug-likeness (QED) is 0.450. The second-order valence-corrected chi connectivity index (χ2v) is 3.42. The minimum atomic E-state index is -0.622. The third kappa shape index (κ3) is 7.26. The van der Waals surface area contributed by atoms with Gasteiger partial charge in [-0.25, -0.2) is 0 Å². The number of rotatable bonds is 9. The molecule has 1 atom stereocenters. The number of hydrogen-bond acceptors (Lipinski definition) is 4. The van der Waals surface area contributed by atoms with Gasteiger partial charge in [0.1, 0.15) is 0 Å². The van der Waals surface area contributed by atoms with Gasteiger partial charge in [0.15, 0.2) is 0 Å². The molecule has 0 saturated carbocycles. The van der Waals surface area contributed by atoms with Crippen LogP contribution in [0.1, 0.15) is 20.3 Å². The molecule has 0 aliphatic carbocycles. The Morgan fingerprint density at radius 1 is 1.29 bits per heavy atom. The van der Waals surface area contributed by atoms with Crippen molar-refractivity contribution in [3.8, 4) is 0 Å². The van der Waals surface area contributed by atoms with Crippen molar-refractivity contribution in [2.75, 3.05) is 39.3 Å². The van der Waals surface area contributed by atoms with Gasteiger partial charge in [-0.05, 0) is 32.6 Å². The molecule has 0 rings (SSSR count). The van der Waals surface area contributed by atoms with E-state index in [4.69, 9.17) is 10.2 Å². The molecule has 0 aromatic heterocycles. The fraction of sp³-hybridized carbons (Fsp3) is 1.00. The van der Waals surface area contributed by atoms with Gasteiger partial charge < -0.3 is 20.4 Å². The maximum absolute atomic E-state index is 9.04. The molecule has 0 aliphatic rings. The van der Waals surface area contributed by atoms with Crippen molar-refractivity contribution < 1.29 is 10.2 Å². The van der Waals surface area contributed by atoms with Gasteiger partial charge in [-0.1, -0.05) is 13.8 Å². The molecule has 0 unspecified atom stereocenters. The van der Waals surface area contributed by atoms with Crippen LogP contribution in [0.2, 0.25) is 0 Å². The molecule has 0 spiro atoms. The first kappa shape index (κ1) is 13.8. The Morgan fingerprint density at radius 2 is 1.93 bits per heavy atom. The van der Waals surface area contributed by atoms with Gasteiger partial charge in [-0.2, -0.15) is 0 Å². The van der Waals surface area contributed by atoms with Crippen LogP contribution in [0, 0.1) is 0 Å². The molecule has 4 heteroatoms. The molecule has 0 aromatic rings. The van der Waals surface area contributed by atoms with Gasteiger partial charge in [0.2, 0.25) is 0 Å². The first-order valence-electron chi connectivity index (χ1n) is 5.46. The number of hydrogen-bond donors (Lipinski definition) is 3.